The lowest BCUT2D eigenvalue weighted by Crippen LogP contribution is -2.20. The van der Waals surface area contributed by atoms with E-state index in [1.165, 1.54) is 0 Å². The maximum Gasteiger partial charge on any atom is 0.406 e. The normalized spacial score (nSPS) is 11.5. The number of carbonyl (C=O) groups excluding carboxylic acids is 1. The number of aldehydes is 1. The van der Waals surface area contributed by atoms with Crippen LogP contribution in [-0.4, -0.2) is 33.8 Å². The van der Waals surface area contributed by atoms with E-state index < -0.39 is 18.5 Å². The van der Waals surface area contributed by atoms with Crippen LogP contribution < -0.4 is 4.74 Å². The van der Waals surface area contributed by atoms with Gasteiger partial charge in [0.1, 0.15) is 6.54 Å². The number of hydrogen-bond donors (Lipinski definition) is 0. The van der Waals surface area contributed by atoms with Gasteiger partial charge in [-0.25, -0.2) is 0 Å². The first-order valence-electron chi connectivity index (χ1n) is 4.06. The Labute approximate surface area is 82.9 Å². The predicted molar refractivity (Wildman–Crippen MR) is 42.6 cm³/mol. The Bertz CT molecular complexity index is 348. The largest absolute Gasteiger partial charge is 0.464 e. The highest BCUT2D eigenvalue weighted by Gasteiger charge is 2.31. The van der Waals surface area contributed by atoms with Gasteiger partial charge in [0.05, 0.1) is 6.61 Å². The molecule has 15 heavy (non-hydrogen) atoms. The minimum Gasteiger partial charge on any atom is -0.464 e. The second kappa shape index (κ2) is 4.28. The van der Waals surface area contributed by atoms with Crippen molar-refractivity contribution in [1.29, 1.82) is 0 Å². The Morgan fingerprint density at radius 1 is 1.47 bits per heavy atom. The van der Waals surface area contributed by atoms with Crippen molar-refractivity contribution in [2.45, 2.75) is 19.6 Å². The smallest absolute Gasteiger partial charge is 0.406 e. The van der Waals surface area contributed by atoms with E-state index in [1.807, 2.05) is 0 Å². The van der Waals surface area contributed by atoms with Crippen LogP contribution in [0.4, 0.5) is 13.2 Å². The van der Waals surface area contributed by atoms with Gasteiger partial charge in [0.25, 0.3) is 0 Å². The molecule has 0 fully saturated rings. The average Bonchev–Trinajstić information content (AvgIpc) is 2.47. The second-order valence-corrected chi connectivity index (χ2v) is 2.59. The molecule has 0 saturated carbocycles. The van der Waals surface area contributed by atoms with E-state index in [1.54, 1.807) is 6.92 Å². The number of halogens is 3. The zero-order chi connectivity index (χ0) is 11.5. The molecule has 84 valence electrons. The molecule has 0 radical (unpaired) electrons. The van der Waals surface area contributed by atoms with Crippen LogP contribution >= 0.6 is 0 Å². The van der Waals surface area contributed by atoms with Crippen LogP contribution in [0.5, 0.6) is 6.01 Å². The summed E-state index contributed by atoms with van der Waals surface area (Å²) in [5, 5.41) is 6.58. The minimum atomic E-state index is -4.45. The molecule has 1 aromatic rings. The highest BCUT2D eigenvalue weighted by molar-refractivity contribution is 5.69. The monoisotopic (exact) mass is 223 g/mol. The van der Waals surface area contributed by atoms with E-state index in [4.69, 9.17) is 4.74 Å². The second-order valence-electron chi connectivity index (χ2n) is 2.59. The zero-order valence-electron chi connectivity index (χ0n) is 7.78. The van der Waals surface area contributed by atoms with Gasteiger partial charge in [-0.05, 0) is 6.92 Å². The molecule has 0 aromatic carbocycles. The summed E-state index contributed by atoms with van der Waals surface area (Å²) < 4.78 is 41.7. The van der Waals surface area contributed by atoms with E-state index in [0.29, 0.717) is 4.57 Å². The molecule has 0 unspecified atom stereocenters. The van der Waals surface area contributed by atoms with E-state index >= 15 is 0 Å². The molecular weight excluding hydrogens is 215 g/mol. The SMILES string of the molecule is CCOc1nnc(C=O)n1CC(F)(F)F. The Morgan fingerprint density at radius 3 is 2.60 bits per heavy atom. The summed E-state index contributed by atoms with van der Waals surface area (Å²) >= 11 is 0. The molecule has 0 N–H and O–H groups in total. The van der Waals surface area contributed by atoms with Gasteiger partial charge >= 0.3 is 12.2 Å². The standard InChI is InChI=1S/C7H8F3N3O2/c1-2-15-6-12-11-5(3-14)13(6)4-7(8,9)10/h3H,2,4H2,1H3. The van der Waals surface area contributed by atoms with Crippen molar-refractivity contribution < 1.29 is 22.7 Å². The minimum absolute atomic E-state index is 0.148. The van der Waals surface area contributed by atoms with Crippen LogP contribution in [0.3, 0.4) is 0 Å². The third kappa shape index (κ3) is 2.93. The first-order valence-corrected chi connectivity index (χ1v) is 4.06. The Kier molecular flexibility index (Phi) is 3.28. The lowest BCUT2D eigenvalue weighted by molar-refractivity contribution is -0.141. The van der Waals surface area contributed by atoms with Crippen LogP contribution in [0, 0.1) is 0 Å². The summed E-state index contributed by atoms with van der Waals surface area (Å²) in [5.74, 6) is -0.407. The maximum atomic E-state index is 12.1. The molecule has 0 amide bonds. The summed E-state index contributed by atoms with van der Waals surface area (Å²) in [5.41, 5.74) is 0. The third-order valence-corrected chi connectivity index (χ3v) is 1.46. The van der Waals surface area contributed by atoms with Gasteiger partial charge in [-0.2, -0.15) is 13.2 Å². The van der Waals surface area contributed by atoms with E-state index in [9.17, 15) is 18.0 Å². The van der Waals surface area contributed by atoms with Crippen molar-refractivity contribution in [3.8, 4) is 6.01 Å². The number of ether oxygens (including phenoxy) is 1. The van der Waals surface area contributed by atoms with E-state index in [-0.39, 0.29) is 18.9 Å². The highest BCUT2D eigenvalue weighted by Crippen LogP contribution is 2.21. The molecule has 5 nitrogen and oxygen atoms in total. The highest BCUT2D eigenvalue weighted by atomic mass is 19.4. The quantitative estimate of drug-likeness (QED) is 0.716. The summed E-state index contributed by atoms with van der Waals surface area (Å²) in [7, 11) is 0. The third-order valence-electron chi connectivity index (χ3n) is 1.46. The van der Waals surface area contributed by atoms with Crippen LogP contribution in [0.15, 0.2) is 0 Å². The molecule has 0 aliphatic carbocycles. The van der Waals surface area contributed by atoms with Crippen molar-refractivity contribution in [3.63, 3.8) is 0 Å². The van der Waals surface area contributed by atoms with E-state index in [0.717, 1.165) is 0 Å². The molecule has 0 saturated heterocycles. The van der Waals surface area contributed by atoms with Gasteiger partial charge in [0, 0.05) is 0 Å². The van der Waals surface area contributed by atoms with Crippen molar-refractivity contribution in [2.75, 3.05) is 6.61 Å². The van der Waals surface area contributed by atoms with Crippen molar-refractivity contribution >= 4 is 6.29 Å². The molecule has 1 rings (SSSR count). The van der Waals surface area contributed by atoms with Gasteiger partial charge in [0.15, 0.2) is 12.1 Å². The number of rotatable bonds is 4. The number of nitrogens with zero attached hydrogens (tertiary/aromatic N) is 3. The van der Waals surface area contributed by atoms with Gasteiger partial charge in [-0.3, -0.25) is 9.36 Å². The zero-order valence-corrected chi connectivity index (χ0v) is 7.78. The van der Waals surface area contributed by atoms with Crippen LogP contribution in [0.25, 0.3) is 0 Å². The topological polar surface area (TPSA) is 57.0 Å². The predicted octanol–water partition coefficient (Wildman–Crippen LogP) is 1.05. The number of alkyl halides is 3. The number of hydrogen-bond acceptors (Lipinski definition) is 4. The maximum absolute atomic E-state index is 12.1. The molecule has 1 aromatic heterocycles. The van der Waals surface area contributed by atoms with Crippen molar-refractivity contribution in [3.05, 3.63) is 5.82 Å². The van der Waals surface area contributed by atoms with Crippen molar-refractivity contribution in [2.24, 2.45) is 0 Å². The average molecular weight is 223 g/mol. The Hall–Kier alpha value is -1.60. The molecule has 0 aliphatic heterocycles. The molecule has 8 heteroatoms. The number of carbonyl (C=O) groups is 1. The summed E-state index contributed by atoms with van der Waals surface area (Å²) in [4.78, 5) is 10.4. The molecule has 0 bridgehead atoms. The molecule has 0 atom stereocenters. The number of aromatic nitrogens is 3. The first kappa shape index (κ1) is 11.5. The van der Waals surface area contributed by atoms with Gasteiger partial charge < -0.3 is 4.74 Å². The summed E-state index contributed by atoms with van der Waals surface area (Å²) in [6, 6.07) is -0.308. The van der Waals surface area contributed by atoms with Crippen LogP contribution in [0.1, 0.15) is 17.5 Å². The fourth-order valence-corrected chi connectivity index (χ4v) is 0.951. The Balaban J connectivity index is 2.99. The lowest BCUT2D eigenvalue weighted by Gasteiger charge is -2.10. The summed E-state index contributed by atoms with van der Waals surface area (Å²) in [6.07, 6.45) is -4.26. The lowest BCUT2D eigenvalue weighted by atomic mass is 10.5. The Morgan fingerprint density at radius 2 is 2.13 bits per heavy atom. The van der Waals surface area contributed by atoms with Gasteiger partial charge in [-0.15, -0.1) is 5.10 Å². The van der Waals surface area contributed by atoms with Gasteiger partial charge in [-0.1, -0.05) is 5.10 Å². The first-order chi connectivity index (χ1) is 6.98. The van der Waals surface area contributed by atoms with Crippen LogP contribution in [0.2, 0.25) is 0 Å². The molecular formula is C7H8F3N3O2. The molecule has 0 spiro atoms. The van der Waals surface area contributed by atoms with Gasteiger partial charge in [0.2, 0.25) is 0 Å². The fourth-order valence-electron chi connectivity index (χ4n) is 0.951. The molecule has 1 heterocycles. The molecule has 0 aliphatic rings. The fraction of sp³-hybridized carbons (Fsp3) is 0.571. The van der Waals surface area contributed by atoms with E-state index in [2.05, 4.69) is 10.2 Å². The van der Waals surface area contributed by atoms with Crippen LogP contribution in [-0.2, 0) is 6.54 Å². The summed E-state index contributed by atoms with van der Waals surface area (Å²) in [6.45, 7) is 0.394. The van der Waals surface area contributed by atoms with Crippen molar-refractivity contribution in [1.82, 2.24) is 14.8 Å².